The Balaban J connectivity index is 0.850. The molecule has 0 bridgehead atoms. The molecular formula is C53H59ClN6O8. The van der Waals surface area contributed by atoms with Crippen LogP contribution in [-0.2, 0) is 32.3 Å². The minimum Gasteiger partial charge on any atom is -0.489 e. The van der Waals surface area contributed by atoms with Gasteiger partial charge in [0.1, 0.15) is 48.1 Å². The van der Waals surface area contributed by atoms with Crippen molar-refractivity contribution in [3.05, 3.63) is 130 Å². The Kier molecular flexibility index (Phi) is 14.7. The predicted molar refractivity (Wildman–Crippen MR) is 257 cm³/mol. The Morgan fingerprint density at radius 2 is 1.54 bits per heavy atom. The zero-order valence-electron chi connectivity index (χ0n) is 39.8. The second kappa shape index (κ2) is 20.3. The summed E-state index contributed by atoms with van der Waals surface area (Å²) < 4.78 is 23.6. The normalized spacial score (nSPS) is 18.6. The zero-order valence-corrected chi connectivity index (χ0v) is 40.5. The molecule has 2 atom stereocenters. The van der Waals surface area contributed by atoms with Crippen molar-refractivity contribution >= 4 is 35.2 Å². The summed E-state index contributed by atoms with van der Waals surface area (Å²) in [6, 6.07) is 27.2. The highest BCUT2D eigenvalue weighted by atomic mass is 35.5. The fourth-order valence-electron chi connectivity index (χ4n) is 9.52. The molecule has 0 unspecified atom stereocenters. The molecule has 4 aromatic carbocycles. The number of ether oxygens (including phenoxy) is 3. The summed E-state index contributed by atoms with van der Waals surface area (Å²) >= 11 is 6.24. The molecule has 3 N–H and O–H groups in total. The lowest BCUT2D eigenvalue weighted by Gasteiger charge is -2.63. The maximum absolute atomic E-state index is 14.0. The van der Waals surface area contributed by atoms with E-state index in [2.05, 4.69) is 54.7 Å². The summed E-state index contributed by atoms with van der Waals surface area (Å²) in [4.78, 5) is 59.8. The number of rotatable bonds is 16. The zero-order chi connectivity index (χ0) is 49.0. The fourth-order valence-corrected chi connectivity index (χ4v) is 9.73. The Hall–Kier alpha value is -6.69. The van der Waals surface area contributed by atoms with E-state index in [0.29, 0.717) is 65.1 Å². The number of nitrogens with one attached hydrogen (secondary N) is 3. The van der Waals surface area contributed by atoms with Crippen LogP contribution in [0.1, 0.15) is 94.1 Å². The van der Waals surface area contributed by atoms with Crippen molar-refractivity contribution in [2.45, 2.75) is 106 Å². The van der Waals surface area contributed by atoms with E-state index < -0.39 is 34.2 Å². The van der Waals surface area contributed by atoms with Gasteiger partial charge in [0.15, 0.2) is 12.2 Å². The van der Waals surface area contributed by atoms with Gasteiger partial charge in [-0.05, 0) is 84.8 Å². The number of nitriles is 1. The summed E-state index contributed by atoms with van der Waals surface area (Å²) in [6.07, 6.45) is 2.39. The Labute approximate surface area is 402 Å². The van der Waals surface area contributed by atoms with Crippen molar-refractivity contribution in [1.82, 2.24) is 25.8 Å². The average Bonchev–Trinajstić information content (AvgIpc) is 3.98. The number of carbonyl (C=O) groups excluding carboxylic acids is 4. The van der Waals surface area contributed by atoms with Crippen LogP contribution in [0, 0.1) is 34.5 Å². The SMILES string of the molecule is Cc1ncoc1-c1ccc(CNC(=O)[C@@H]2CCCN2C(=O)[C@@H](NC(=O)COCc2ccc(Oc3ccc(C(=O)N[C@H]4C(C)(C)[C@H](Oc5ccc(C#N)c(Cl)c5)C4(C)C)cc3)cc2)C(C)(C)C)cc1. The largest absolute Gasteiger partial charge is 0.489 e. The van der Waals surface area contributed by atoms with Crippen molar-refractivity contribution in [3.8, 4) is 34.6 Å². The molecular weight excluding hydrogens is 884 g/mol. The lowest BCUT2D eigenvalue weighted by Crippen LogP contribution is -2.74. The van der Waals surface area contributed by atoms with Gasteiger partial charge in [-0.1, -0.05) is 96.5 Å². The van der Waals surface area contributed by atoms with Gasteiger partial charge in [0, 0.05) is 47.2 Å². The number of oxazole rings is 1. The summed E-state index contributed by atoms with van der Waals surface area (Å²) in [5, 5.41) is 18.6. The van der Waals surface area contributed by atoms with Crippen LogP contribution in [0.4, 0.5) is 0 Å². The molecule has 1 aliphatic carbocycles. The molecule has 1 aliphatic heterocycles. The van der Waals surface area contributed by atoms with Gasteiger partial charge in [0.2, 0.25) is 17.7 Å². The monoisotopic (exact) mass is 942 g/mol. The minimum absolute atomic E-state index is 0.147. The number of likely N-dealkylation sites (tertiary alicyclic amines) is 1. The first kappa shape index (κ1) is 49.2. The number of amides is 4. The lowest BCUT2D eigenvalue weighted by molar-refractivity contribution is -0.164. The Morgan fingerprint density at radius 3 is 2.15 bits per heavy atom. The van der Waals surface area contributed by atoms with Crippen molar-refractivity contribution in [1.29, 1.82) is 5.26 Å². The molecule has 4 amide bonds. The van der Waals surface area contributed by atoms with E-state index in [1.807, 2.05) is 64.1 Å². The van der Waals surface area contributed by atoms with E-state index in [-0.39, 0.29) is 43.1 Å². The molecule has 2 aliphatic rings. The minimum atomic E-state index is -0.878. The molecule has 0 spiro atoms. The number of nitrogens with zero attached hydrogens (tertiary/aromatic N) is 3. The average molecular weight is 944 g/mol. The van der Waals surface area contributed by atoms with Gasteiger partial charge in [-0.2, -0.15) is 5.26 Å². The molecule has 1 saturated carbocycles. The van der Waals surface area contributed by atoms with Crippen molar-refractivity contribution in [2.24, 2.45) is 16.2 Å². The number of benzene rings is 4. The number of hydrogen-bond donors (Lipinski definition) is 3. The van der Waals surface area contributed by atoms with Crippen LogP contribution in [-0.4, -0.2) is 70.9 Å². The molecule has 2 fully saturated rings. The summed E-state index contributed by atoms with van der Waals surface area (Å²) in [5.41, 5.74) is 2.81. The van der Waals surface area contributed by atoms with E-state index in [0.717, 1.165) is 22.4 Å². The van der Waals surface area contributed by atoms with E-state index in [1.165, 1.54) is 6.39 Å². The first-order valence-electron chi connectivity index (χ1n) is 22.7. The van der Waals surface area contributed by atoms with Crippen LogP contribution >= 0.6 is 11.6 Å². The number of aromatic nitrogens is 1. The molecule has 15 heteroatoms. The van der Waals surface area contributed by atoms with Gasteiger partial charge in [-0.3, -0.25) is 19.2 Å². The van der Waals surface area contributed by atoms with Crippen LogP contribution in [0.25, 0.3) is 11.3 Å². The molecule has 68 heavy (non-hydrogen) atoms. The van der Waals surface area contributed by atoms with Crippen molar-refractivity contribution in [2.75, 3.05) is 13.2 Å². The van der Waals surface area contributed by atoms with E-state index in [1.54, 1.807) is 59.5 Å². The fraction of sp³-hybridized carbons (Fsp3) is 0.396. The molecule has 5 aromatic rings. The third-order valence-corrected chi connectivity index (χ3v) is 13.2. The molecule has 0 radical (unpaired) electrons. The highest BCUT2D eigenvalue weighted by Crippen LogP contribution is 2.55. The molecule has 14 nitrogen and oxygen atoms in total. The van der Waals surface area contributed by atoms with E-state index >= 15 is 0 Å². The third kappa shape index (κ3) is 11.0. The Morgan fingerprint density at radius 1 is 0.912 bits per heavy atom. The van der Waals surface area contributed by atoms with E-state index in [4.69, 9.17) is 30.2 Å². The van der Waals surface area contributed by atoms with Gasteiger partial charge in [-0.15, -0.1) is 0 Å². The van der Waals surface area contributed by atoms with E-state index in [9.17, 15) is 24.4 Å². The van der Waals surface area contributed by atoms with Gasteiger partial charge < -0.3 is 39.5 Å². The van der Waals surface area contributed by atoms with Crippen LogP contribution in [0.2, 0.25) is 5.02 Å². The van der Waals surface area contributed by atoms with Gasteiger partial charge >= 0.3 is 0 Å². The van der Waals surface area contributed by atoms with Crippen molar-refractivity contribution < 1.29 is 37.8 Å². The quantitative estimate of drug-likeness (QED) is 0.0863. The first-order valence-corrected chi connectivity index (χ1v) is 23.1. The van der Waals surface area contributed by atoms with Gasteiger partial charge in [0.05, 0.1) is 22.9 Å². The predicted octanol–water partition coefficient (Wildman–Crippen LogP) is 8.93. The smallest absolute Gasteiger partial charge is 0.251 e. The second-order valence-electron chi connectivity index (χ2n) is 19.8. The standard InChI is InChI=1S/C53H59ClN6O8/c1-32-44(66-31-57-32)35-15-11-33(12-16-35)28-56-47(63)42-10-9-25-60(42)48(64)45(51(2,3)4)58-43(61)30-65-29-34-13-20-38(21-14-34)67-39-22-17-36(18-23-39)46(62)59-49-52(5,6)50(53(49,7)8)68-40-24-19-37(27-55)41(54)26-40/h11-24,26,31,42,45,49-50H,9-10,25,28-30H2,1-8H3,(H,56,63)(H,58,61)(H,59,62)/t42-,45+,49-,50-/m0/s1. The maximum atomic E-state index is 14.0. The molecule has 2 heterocycles. The maximum Gasteiger partial charge on any atom is 0.251 e. The van der Waals surface area contributed by atoms with Gasteiger partial charge in [-0.25, -0.2) is 4.98 Å². The summed E-state index contributed by atoms with van der Waals surface area (Å²) in [7, 11) is 0. The van der Waals surface area contributed by atoms with Crippen LogP contribution in [0.5, 0.6) is 17.2 Å². The number of carbonyl (C=O) groups is 4. The third-order valence-electron chi connectivity index (χ3n) is 12.9. The van der Waals surface area contributed by atoms with Crippen LogP contribution in [0.15, 0.2) is 102 Å². The molecule has 356 valence electrons. The summed E-state index contributed by atoms with van der Waals surface area (Å²) in [6.45, 7) is 16.3. The highest BCUT2D eigenvalue weighted by molar-refractivity contribution is 6.31. The first-order chi connectivity index (χ1) is 32.3. The molecule has 1 aromatic heterocycles. The lowest BCUT2D eigenvalue weighted by atomic mass is 9.49. The number of aryl methyl sites for hydroxylation is 1. The molecule has 7 rings (SSSR count). The molecule has 1 saturated heterocycles. The summed E-state index contributed by atoms with van der Waals surface area (Å²) in [5.74, 6) is 1.19. The highest BCUT2D eigenvalue weighted by Gasteiger charge is 2.64. The number of hydrogen-bond acceptors (Lipinski definition) is 10. The van der Waals surface area contributed by atoms with Gasteiger partial charge in [0.25, 0.3) is 5.91 Å². The second-order valence-corrected chi connectivity index (χ2v) is 20.2. The topological polar surface area (TPSA) is 185 Å². The number of halogens is 1. The van der Waals surface area contributed by atoms with Crippen molar-refractivity contribution in [3.63, 3.8) is 0 Å². The Bertz CT molecular complexity index is 2650. The van der Waals surface area contributed by atoms with Crippen LogP contribution < -0.4 is 25.4 Å². The van der Waals surface area contributed by atoms with Crippen LogP contribution in [0.3, 0.4) is 0 Å².